The van der Waals surface area contributed by atoms with E-state index in [0.29, 0.717) is 16.7 Å². The maximum atomic E-state index is 14.9. The summed E-state index contributed by atoms with van der Waals surface area (Å²) in [7, 11) is 0. The molecule has 2 aromatic heterocycles. The second kappa shape index (κ2) is 12.2. The first-order valence-electron chi connectivity index (χ1n) is 15.5. The molecule has 0 spiro atoms. The second-order valence-corrected chi connectivity index (χ2v) is 13.2. The largest absolute Gasteiger partial charge is 0.489 e. The van der Waals surface area contributed by atoms with Crippen LogP contribution in [0, 0.1) is 5.82 Å². The average molecular weight is 685 g/mol. The van der Waals surface area contributed by atoms with Crippen molar-refractivity contribution in [2.24, 2.45) is 0 Å². The van der Waals surface area contributed by atoms with Gasteiger partial charge in [0.15, 0.2) is 0 Å². The number of aromatic nitrogens is 2. The van der Waals surface area contributed by atoms with Crippen molar-refractivity contribution in [2.75, 3.05) is 19.7 Å². The SMILES string of the molecule is CC(C)(F)CNC(=O)[C@@]1(C)COc2c1cc([C@@](O)(CNC(=O)c1cc(OC3CC3)c3ncccc3c1)C(F)(F)F)nc2-c1ccc(F)cc1. The molecule has 49 heavy (non-hydrogen) atoms. The molecule has 2 aliphatic rings. The van der Waals surface area contributed by atoms with Gasteiger partial charge in [-0.1, -0.05) is 6.07 Å². The minimum Gasteiger partial charge on any atom is -0.489 e. The van der Waals surface area contributed by atoms with Crippen molar-refractivity contribution < 1.29 is 46.1 Å². The first kappa shape index (κ1) is 34.0. The Hall–Kier alpha value is -4.85. The number of nitrogens with zero attached hydrogens (tertiary/aromatic N) is 2. The summed E-state index contributed by atoms with van der Waals surface area (Å²) >= 11 is 0. The Morgan fingerprint density at radius 2 is 1.76 bits per heavy atom. The summed E-state index contributed by atoms with van der Waals surface area (Å²) in [5.41, 5.74) is -7.83. The summed E-state index contributed by atoms with van der Waals surface area (Å²) in [5, 5.41) is 16.6. The molecule has 14 heteroatoms. The normalized spacial score (nSPS) is 18.7. The molecule has 0 bridgehead atoms. The molecular weight excluding hydrogens is 651 g/mol. The lowest BCUT2D eigenvalue weighted by Crippen LogP contribution is -2.52. The third-order valence-electron chi connectivity index (χ3n) is 8.51. The van der Waals surface area contributed by atoms with Crippen molar-refractivity contribution in [1.29, 1.82) is 0 Å². The van der Waals surface area contributed by atoms with Crippen LogP contribution in [-0.4, -0.2) is 64.5 Å². The Morgan fingerprint density at radius 1 is 1.04 bits per heavy atom. The van der Waals surface area contributed by atoms with Crippen LogP contribution in [0.1, 0.15) is 55.2 Å². The van der Waals surface area contributed by atoms with E-state index < -0.39 is 59.3 Å². The number of amides is 2. The first-order valence-corrected chi connectivity index (χ1v) is 15.5. The van der Waals surface area contributed by atoms with Crippen LogP contribution in [0.4, 0.5) is 22.0 Å². The Kier molecular flexibility index (Phi) is 8.50. The second-order valence-electron chi connectivity index (χ2n) is 13.2. The molecule has 1 saturated carbocycles. The molecule has 6 rings (SSSR count). The number of carbonyl (C=O) groups is 2. The van der Waals surface area contributed by atoms with Crippen molar-refractivity contribution in [1.82, 2.24) is 20.6 Å². The van der Waals surface area contributed by atoms with Crippen molar-refractivity contribution >= 4 is 22.7 Å². The fourth-order valence-electron chi connectivity index (χ4n) is 5.46. The lowest BCUT2D eigenvalue weighted by Gasteiger charge is -2.32. The number of hydrogen-bond acceptors (Lipinski definition) is 7. The van der Waals surface area contributed by atoms with Gasteiger partial charge >= 0.3 is 6.18 Å². The summed E-state index contributed by atoms with van der Waals surface area (Å²) in [6.45, 7) is 1.79. The lowest BCUT2D eigenvalue weighted by molar-refractivity contribution is -0.265. The lowest BCUT2D eigenvalue weighted by atomic mass is 9.81. The molecule has 3 N–H and O–H groups in total. The Morgan fingerprint density at radius 3 is 2.41 bits per heavy atom. The summed E-state index contributed by atoms with van der Waals surface area (Å²) < 4.78 is 84.6. The van der Waals surface area contributed by atoms with Gasteiger partial charge in [-0.25, -0.2) is 13.8 Å². The van der Waals surface area contributed by atoms with E-state index in [0.717, 1.165) is 31.0 Å². The minimum absolute atomic E-state index is 0.0250. The van der Waals surface area contributed by atoms with Gasteiger partial charge in [0.1, 0.15) is 46.2 Å². The van der Waals surface area contributed by atoms with E-state index in [1.54, 1.807) is 18.3 Å². The molecule has 0 radical (unpaired) electrons. The number of alkyl halides is 4. The number of pyridine rings is 2. The molecule has 0 unspecified atom stereocenters. The summed E-state index contributed by atoms with van der Waals surface area (Å²) in [5.74, 6) is -2.06. The fourth-order valence-corrected chi connectivity index (χ4v) is 5.46. The zero-order valence-electron chi connectivity index (χ0n) is 26.8. The van der Waals surface area contributed by atoms with Gasteiger partial charge in [-0.3, -0.25) is 14.6 Å². The van der Waals surface area contributed by atoms with E-state index in [1.807, 2.05) is 0 Å². The quantitative estimate of drug-likeness (QED) is 0.184. The monoisotopic (exact) mass is 684 g/mol. The maximum absolute atomic E-state index is 14.9. The number of halogens is 5. The zero-order valence-corrected chi connectivity index (χ0v) is 26.8. The van der Waals surface area contributed by atoms with Crippen LogP contribution < -0.4 is 20.1 Å². The van der Waals surface area contributed by atoms with E-state index in [-0.39, 0.29) is 40.8 Å². The number of hydrogen-bond donors (Lipinski definition) is 3. The topological polar surface area (TPSA) is 123 Å². The van der Waals surface area contributed by atoms with E-state index in [4.69, 9.17) is 9.47 Å². The predicted octanol–water partition coefficient (Wildman–Crippen LogP) is 5.67. The highest BCUT2D eigenvalue weighted by atomic mass is 19.4. The molecule has 2 amide bonds. The molecule has 9 nitrogen and oxygen atoms in total. The number of rotatable bonds is 10. The van der Waals surface area contributed by atoms with Crippen molar-refractivity contribution in [3.8, 4) is 22.8 Å². The van der Waals surface area contributed by atoms with Crippen LogP contribution in [0.25, 0.3) is 22.2 Å². The average Bonchev–Trinajstić information content (AvgIpc) is 3.81. The minimum atomic E-state index is -5.40. The highest BCUT2D eigenvalue weighted by Gasteiger charge is 2.58. The maximum Gasteiger partial charge on any atom is 0.424 e. The van der Waals surface area contributed by atoms with E-state index in [9.17, 15) is 36.6 Å². The third-order valence-corrected chi connectivity index (χ3v) is 8.51. The van der Waals surface area contributed by atoms with E-state index >= 15 is 0 Å². The van der Waals surface area contributed by atoms with Crippen molar-refractivity contribution in [2.45, 2.75) is 62.6 Å². The van der Waals surface area contributed by atoms with Crippen LogP contribution >= 0.6 is 0 Å². The standard InChI is InChI=1S/C35H33F5N4O5/c1-32(2,37)16-43-31(46)33(3)18-48-29-24(33)15-26(44-28(29)19-6-8-22(36)9-7-19)34(47,35(38,39)40)17-42-30(45)21-13-20-5-4-12-41-27(20)25(14-21)49-23-10-11-23/h4-9,12-15,23,47H,10-11,16-18H2,1-3H3,(H,42,45)(H,43,46)/t33-,34-/m0/s1. The van der Waals surface area contributed by atoms with Gasteiger partial charge in [0.05, 0.1) is 24.9 Å². The molecule has 1 aliphatic carbocycles. The highest BCUT2D eigenvalue weighted by molar-refractivity contribution is 6.00. The molecular formula is C35H33F5N4O5. The molecule has 2 aromatic carbocycles. The predicted molar refractivity (Wildman–Crippen MR) is 168 cm³/mol. The van der Waals surface area contributed by atoms with Gasteiger partial charge in [-0.15, -0.1) is 0 Å². The van der Waals surface area contributed by atoms with Gasteiger partial charge in [-0.2, -0.15) is 13.2 Å². The van der Waals surface area contributed by atoms with Gasteiger partial charge in [-0.05, 0) is 82.1 Å². The van der Waals surface area contributed by atoms with Gasteiger partial charge < -0.3 is 25.2 Å². The molecule has 2 atom stereocenters. The van der Waals surface area contributed by atoms with Gasteiger partial charge in [0.2, 0.25) is 11.5 Å². The van der Waals surface area contributed by atoms with Crippen LogP contribution in [0.2, 0.25) is 0 Å². The molecule has 1 aliphatic heterocycles. The van der Waals surface area contributed by atoms with Gasteiger partial charge in [0.25, 0.3) is 5.91 Å². The Bertz CT molecular complexity index is 1930. The van der Waals surface area contributed by atoms with Crippen LogP contribution in [-0.2, 0) is 15.8 Å². The first-order chi connectivity index (χ1) is 23.0. The molecule has 0 saturated heterocycles. The molecule has 3 heterocycles. The molecule has 4 aromatic rings. The third kappa shape index (κ3) is 6.74. The summed E-state index contributed by atoms with van der Waals surface area (Å²) in [6.07, 6.45) is -2.27. The van der Waals surface area contributed by atoms with Gasteiger partial charge in [0, 0.05) is 28.3 Å². The zero-order chi connectivity index (χ0) is 35.4. The smallest absolute Gasteiger partial charge is 0.424 e. The van der Waals surface area contributed by atoms with Crippen molar-refractivity contribution in [3.05, 3.63) is 83.4 Å². The molecule has 258 valence electrons. The van der Waals surface area contributed by atoms with Crippen LogP contribution in [0.5, 0.6) is 11.5 Å². The number of ether oxygens (including phenoxy) is 2. The fraction of sp³-hybridized carbons (Fsp3) is 0.371. The van der Waals surface area contributed by atoms with Crippen molar-refractivity contribution in [3.63, 3.8) is 0 Å². The number of benzene rings is 2. The summed E-state index contributed by atoms with van der Waals surface area (Å²) in [6, 6.07) is 11.7. The number of fused-ring (bicyclic) bond motifs is 2. The number of aliphatic hydroxyl groups is 1. The Labute approximate surface area is 277 Å². The summed E-state index contributed by atoms with van der Waals surface area (Å²) in [4.78, 5) is 35.2. The van der Waals surface area contributed by atoms with Crippen LogP contribution in [0.15, 0.2) is 60.8 Å². The highest BCUT2D eigenvalue weighted by Crippen LogP contribution is 2.48. The Balaban J connectivity index is 1.40. The van der Waals surface area contributed by atoms with E-state index in [1.165, 1.54) is 45.0 Å². The van der Waals surface area contributed by atoms with E-state index in [2.05, 4.69) is 20.6 Å². The number of carbonyl (C=O) groups excluding carboxylic acids is 2. The van der Waals surface area contributed by atoms with Crippen LogP contribution in [0.3, 0.4) is 0 Å². The number of nitrogens with one attached hydrogen (secondary N) is 2. The molecule has 1 fully saturated rings.